The largest absolute Gasteiger partial charge is 0.311 e. The lowest BCUT2D eigenvalue weighted by Gasteiger charge is -2.34. The first-order chi connectivity index (χ1) is 7.77. The van der Waals surface area contributed by atoms with Crippen molar-refractivity contribution in [3.63, 3.8) is 0 Å². The van der Waals surface area contributed by atoms with Crippen LogP contribution in [0.15, 0.2) is 28.1 Å². The Morgan fingerprint density at radius 3 is 3.19 bits per heavy atom. The molecule has 82 valence electrons. The minimum atomic E-state index is 0.923. The van der Waals surface area contributed by atoms with Crippen molar-refractivity contribution in [1.29, 1.82) is 0 Å². The molecule has 3 rings (SSSR count). The molecule has 0 saturated heterocycles. The molecule has 2 aliphatic heterocycles. The average Bonchev–Trinajstić information content (AvgIpc) is 2.31. The number of hydrogen-bond acceptors (Lipinski definition) is 3. The van der Waals surface area contributed by atoms with Crippen LogP contribution in [0.25, 0.3) is 0 Å². The van der Waals surface area contributed by atoms with Crippen molar-refractivity contribution in [3.05, 3.63) is 29.3 Å². The van der Waals surface area contributed by atoms with Gasteiger partial charge in [0.25, 0.3) is 0 Å². The summed E-state index contributed by atoms with van der Waals surface area (Å²) in [5.41, 5.74) is 2.54. The number of hydrogen-bond donors (Lipinski definition) is 0. The van der Waals surface area contributed by atoms with Gasteiger partial charge in [0, 0.05) is 23.5 Å². The van der Waals surface area contributed by atoms with Crippen molar-refractivity contribution in [1.82, 2.24) is 4.90 Å². The van der Waals surface area contributed by atoms with Crippen LogP contribution in [-0.4, -0.2) is 28.1 Å². The Hall–Kier alpha value is -0.870. The molecule has 2 nitrogen and oxygen atoms in total. The summed E-state index contributed by atoms with van der Waals surface area (Å²) in [6, 6.07) is 6.38. The Labute approximate surface area is 105 Å². The van der Waals surface area contributed by atoms with Gasteiger partial charge in [0.15, 0.2) is 0 Å². The normalized spacial score (nSPS) is 18.9. The van der Waals surface area contributed by atoms with Crippen molar-refractivity contribution in [2.45, 2.75) is 18.2 Å². The molecular formula is C12H12N2S2. The first kappa shape index (κ1) is 10.3. The zero-order valence-corrected chi connectivity index (χ0v) is 10.7. The second-order valence-electron chi connectivity index (χ2n) is 4.03. The molecule has 2 aliphatic rings. The molecule has 0 unspecified atom stereocenters. The Morgan fingerprint density at radius 2 is 2.31 bits per heavy atom. The van der Waals surface area contributed by atoms with E-state index in [-0.39, 0.29) is 0 Å². The summed E-state index contributed by atoms with van der Waals surface area (Å²) in [5, 5.41) is 0. The number of thiocarbonyl (C=S) groups is 1. The predicted octanol–water partition coefficient (Wildman–Crippen LogP) is 2.84. The van der Waals surface area contributed by atoms with Gasteiger partial charge in [0.1, 0.15) is 10.2 Å². The standard InChI is InChI=1S/C12H12N2S2/c1-8-4-2-5-9-10(8)16-12(15)14-7-3-6-13-11(9)14/h2,4-5H,3,6-7H2,1H3. The molecule has 0 atom stereocenters. The van der Waals surface area contributed by atoms with E-state index in [0.29, 0.717) is 0 Å². The summed E-state index contributed by atoms with van der Waals surface area (Å²) in [6.07, 6.45) is 1.10. The fraction of sp³-hybridized carbons (Fsp3) is 0.333. The Morgan fingerprint density at radius 1 is 1.44 bits per heavy atom. The van der Waals surface area contributed by atoms with Gasteiger partial charge >= 0.3 is 0 Å². The van der Waals surface area contributed by atoms with Gasteiger partial charge in [0.2, 0.25) is 0 Å². The molecule has 1 aromatic carbocycles. The highest BCUT2D eigenvalue weighted by Crippen LogP contribution is 2.36. The molecule has 0 aliphatic carbocycles. The monoisotopic (exact) mass is 248 g/mol. The highest BCUT2D eigenvalue weighted by atomic mass is 32.2. The van der Waals surface area contributed by atoms with Crippen LogP contribution >= 0.6 is 24.0 Å². The third kappa shape index (κ3) is 1.48. The van der Waals surface area contributed by atoms with Crippen molar-refractivity contribution >= 4 is 34.1 Å². The molecule has 0 bridgehead atoms. The van der Waals surface area contributed by atoms with E-state index in [9.17, 15) is 0 Å². The minimum absolute atomic E-state index is 0.923. The maximum Gasteiger partial charge on any atom is 0.146 e. The fourth-order valence-electron chi connectivity index (χ4n) is 2.12. The first-order valence-corrected chi connectivity index (χ1v) is 6.63. The number of aliphatic imine (C=N–C) groups is 1. The molecule has 0 amide bonds. The number of nitrogens with zero attached hydrogens (tertiary/aromatic N) is 2. The van der Waals surface area contributed by atoms with Crippen LogP contribution in [0.4, 0.5) is 0 Å². The zero-order chi connectivity index (χ0) is 11.1. The molecule has 4 heteroatoms. The van der Waals surface area contributed by atoms with E-state index in [1.165, 1.54) is 16.0 Å². The molecular weight excluding hydrogens is 236 g/mol. The third-order valence-electron chi connectivity index (χ3n) is 2.92. The summed E-state index contributed by atoms with van der Waals surface area (Å²) >= 11 is 7.15. The number of thioether (sulfide) groups is 1. The molecule has 0 radical (unpaired) electrons. The lowest BCUT2D eigenvalue weighted by atomic mass is 10.1. The minimum Gasteiger partial charge on any atom is -0.311 e. The Kier molecular flexibility index (Phi) is 2.48. The Bertz CT molecular complexity index is 494. The highest BCUT2D eigenvalue weighted by molar-refractivity contribution is 8.23. The van der Waals surface area contributed by atoms with Gasteiger partial charge in [-0.05, 0) is 18.9 Å². The van der Waals surface area contributed by atoms with Gasteiger partial charge < -0.3 is 4.90 Å². The summed E-state index contributed by atoms with van der Waals surface area (Å²) in [4.78, 5) is 8.08. The SMILES string of the molecule is Cc1cccc2c1SC(=S)N1CCCN=C21. The van der Waals surface area contributed by atoms with Gasteiger partial charge in [0.05, 0.1) is 0 Å². The van der Waals surface area contributed by atoms with E-state index < -0.39 is 0 Å². The van der Waals surface area contributed by atoms with E-state index in [2.05, 4.69) is 35.0 Å². The number of amidine groups is 1. The number of fused-ring (bicyclic) bond motifs is 3. The van der Waals surface area contributed by atoms with Crippen LogP contribution in [0.1, 0.15) is 17.5 Å². The summed E-state index contributed by atoms with van der Waals surface area (Å²) in [7, 11) is 0. The van der Waals surface area contributed by atoms with Crippen LogP contribution < -0.4 is 0 Å². The van der Waals surface area contributed by atoms with E-state index >= 15 is 0 Å². The lowest BCUT2D eigenvalue weighted by molar-refractivity contribution is 0.560. The topological polar surface area (TPSA) is 15.6 Å². The highest BCUT2D eigenvalue weighted by Gasteiger charge is 2.29. The van der Waals surface area contributed by atoms with Crippen LogP contribution in [0.3, 0.4) is 0 Å². The van der Waals surface area contributed by atoms with E-state index in [0.717, 1.165) is 29.7 Å². The van der Waals surface area contributed by atoms with Gasteiger partial charge in [-0.2, -0.15) is 0 Å². The predicted molar refractivity (Wildman–Crippen MR) is 72.4 cm³/mol. The average molecular weight is 248 g/mol. The fourth-order valence-corrected chi connectivity index (χ4v) is 3.51. The Balaban J connectivity index is 2.20. The second kappa shape index (κ2) is 3.86. The molecule has 0 fully saturated rings. The van der Waals surface area contributed by atoms with Crippen LogP contribution in [0.2, 0.25) is 0 Å². The van der Waals surface area contributed by atoms with E-state index in [4.69, 9.17) is 12.2 Å². The smallest absolute Gasteiger partial charge is 0.146 e. The first-order valence-electron chi connectivity index (χ1n) is 5.41. The summed E-state index contributed by atoms with van der Waals surface area (Å²) in [5.74, 6) is 1.08. The number of rotatable bonds is 0. The maximum atomic E-state index is 5.45. The van der Waals surface area contributed by atoms with Crippen LogP contribution in [-0.2, 0) is 0 Å². The van der Waals surface area contributed by atoms with Crippen LogP contribution in [0.5, 0.6) is 0 Å². The third-order valence-corrected chi connectivity index (χ3v) is 4.53. The molecule has 16 heavy (non-hydrogen) atoms. The van der Waals surface area contributed by atoms with E-state index in [1.807, 2.05) is 0 Å². The molecule has 2 heterocycles. The van der Waals surface area contributed by atoms with Gasteiger partial charge in [-0.1, -0.05) is 42.2 Å². The number of aryl methyl sites for hydroxylation is 1. The molecule has 1 aromatic rings. The van der Waals surface area contributed by atoms with Crippen molar-refractivity contribution in [2.75, 3.05) is 13.1 Å². The van der Waals surface area contributed by atoms with Crippen molar-refractivity contribution < 1.29 is 0 Å². The maximum absolute atomic E-state index is 5.45. The molecule has 0 saturated carbocycles. The summed E-state index contributed by atoms with van der Waals surface area (Å²) < 4.78 is 0.945. The van der Waals surface area contributed by atoms with Gasteiger partial charge in [-0.15, -0.1) is 0 Å². The second-order valence-corrected chi connectivity index (χ2v) is 5.67. The van der Waals surface area contributed by atoms with Gasteiger partial charge in [-0.25, -0.2) is 0 Å². The van der Waals surface area contributed by atoms with Crippen LogP contribution in [0, 0.1) is 6.92 Å². The summed E-state index contributed by atoms with van der Waals surface area (Å²) in [6.45, 7) is 4.07. The zero-order valence-electron chi connectivity index (χ0n) is 9.06. The molecule has 0 N–H and O–H groups in total. The number of benzene rings is 1. The van der Waals surface area contributed by atoms with Crippen molar-refractivity contribution in [2.24, 2.45) is 4.99 Å². The van der Waals surface area contributed by atoms with E-state index in [1.54, 1.807) is 11.8 Å². The quantitative estimate of drug-likeness (QED) is 0.657. The van der Waals surface area contributed by atoms with Crippen molar-refractivity contribution in [3.8, 4) is 0 Å². The van der Waals surface area contributed by atoms with Gasteiger partial charge in [-0.3, -0.25) is 4.99 Å². The molecule has 0 aromatic heterocycles. The molecule has 0 spiro atoms. The lowest BCUT2D eigenvalue weighted by Crippen LogP contribution is -2.41.